The summed E-state index contributed by atoms with van der Waals surface area (Å²) in [7, 11) is 0. The fourth-order valence-electron chi connectivity index (χ4n) is 3.96. The lowest BCUT2D eigenvalue weighted by Gasteiger charge is -2.33. The first-order chi connectivity index (χ1) is 14.0. The third-order valence-electron chi connectivity index (χ3n) is 5.61. The maximum atomic E-state index is 13.1. The summed E-state index contributed by atoms with van der Waals surface area (Å²) in [6.45, 7) is 3.06. The monoisotopic (exact) mass is 392 g/mol. The number of anilines is 1. The molecule has 6 nitrogen and oxygen atoms in total. The Morgan fingerprint density at radius 3 is 2.48 bits per heavy atom. The molecule has 0 aliphatic carbocycles. The van der Waals surface area contributed by atoms with Gasteiger partial charge in [0.25, 0.3) is 11.8 Å². The Hall–Kier alpha value is -3.15. The average Bonchev–Trinajstić information content (AvgIpc) is 2.74. The minimum absolute atomic E-state index is 0.0864. The lowest BCUT2D eigenvalue weighted by Crippen LogP contribution is -2.49. The highest BCUT2D eigenvalue weighted by Crippen LogP contribution is 2.30. The average molecular weight is 392 g/mol. The fraction of sp³-hybridized carbons (Fsp3) is 0.348. The van der Waals surface area contributed by atoms with Gasteiger partial charge in [0.15, 0.2) is 5.60 Å². The zero-order chi connectivity index (χ0) is 20.4. The van der Waals surface area contributed by atoms with Gasteiger partial charge in [-0.25, -0.2) is 4.79 Å². The zero-order valence-electron chi connectivity index (χ0n) is 16.4. The van der Waals surface area contributed by atoms with Crippen molar-refractivity contribution >= 4 is 23.5 Å². The molecule has 2 heterocycles. The second kappa shape index (κ2) is 7.70. The first kappa shape index (κ1) is 19.2. The normalized spacial score (nSPS) is 21.1. The number of carbonyl (C=O) groups excluding carboxylic acids is 3. The van der Waals surface area contributed by atoms with Gasteiger partial charge in [0, 0.05) is 19.5 Å². The molecule has 2 aromatic rings. The molecule has 0 bridgehead atoms. The number of rotatable bonds is 3. The number of esters is 1. The van der Waals surface area contributed by atoms with Gasteiger partial charge in [0.2, 0.25) is 0 Å². The Balaban J connectivity index is 1.56. The van der Waals surface area contributed by atoms with Gasteiger partial charge in [-0.1, -0.05) is 30.3 Å². The van der Waals surface area contributed by atoms with E-state index in [1.165, 1.54) is 0 Å². The van der Waals surface area contributed by atoms with E-state index in [9.17, 15) is 14.4 Å². The summed E-state index contributed by atoms with van der Waals surface area (Å²) in [5, 5.41) is 2.83. The van der Waals surface area contributed by atoms with Crippen molar-refractivity contribution in [2.75, 3.05) is 18.4 Å². The van der Waals surface area contributed by atoms with Crippen LogP contribution in [0.5, 0.6) is 0 Å². The van der Waals surface area contributed by atoms with Crippen molar-refractivity contribution in [3.05, 3.63) is 65.2 Å². The van der Waals surface area contributed by atoms with E-state index in [1.807, 2.05) is 17.0 Å². The molecule has 2 aromatic carbocycles. The summed E-state index contributed by atoms with van der Waals surface area (Å²) < 4.78 is 5.50. The molecular weight excluding hydrogens is 368 g/mol. The number of amides is 2. The van der Waals surface area contributed by atoms with Crippen LogP contribution in [0.2, 0.25) is 0 Å². The van der Waals surface area contributed by atoms with E-state index in [0.29, 0.717) is 16.8 Å². The van der Waals surface area contributed by atoms with Crippen molar-refractivity contribution in [3.63, 3.8) is 0 Å². The number of likely N-dealkylation sites (tertiary alicyclic amines) is 1. The first-order valence-electron chi connectivity index (χ1n) is 9.99. The first-order valence-corrected chi connectivity index (χ1v) is 9.99. The van der Waals surface area contributed by atoms with Crippen molar-refractivity contribution in [2.24, 2.45) is 0 Å². The van der Waals surface area contributed by atoms with Crippen LogP contribution in [0.3, 0.4) is 0 Å². The van der Waals surface area contributed by atoms with Crippen molar-refractivity contribution < 1.29 is 19.1 Å². The van der Waals surface area contributed by atoms with E-state index in [4.69, 9.17) is 4.74 Å². The molecule has 1 fully saturated rings. The summed E-state index contributed by atoms with van der Waals surface area (Å²) in [5.74, 6) is -1.04. The van der Waals surface area contributed by atoms with E-state index < -0.39 is 17.5 Å². The van der Waals surface area contributed by atoms with Crippen LogP contribution in [0.1, 0.15) is 52.5 Å². The number of carbonyl (C=O) groups is 3. The second-order valence-corrected chi connectivity index (χ2v) is 7.81. The molecular formula is C23H24N2O4. The fourth-order valence-corrected chi connectivity index (χ4v) is 3.96. The van der Waals surface area contributed by atoms with E-state index >= 15 is 0 Å². The second-order valence-electron chi connectivity index (χ2n) is 7.81. The van der Waals surface area contributed by atoms with Gasteiger partial charge in [0.1, 0.15) is 0 Å². The van der Waals surface area contributed by atoms with E-state index in [2.05, 4.69) is 5.32 Å². The van der Waals surface area contributed by atoms with E-state index in [-0.39, 0.29) is 12.3 Å². The maximum Gasteiger partial charge on any atom is 0.339 e. The van der Waals surface area contributed by atoms with Crippen molar-refractivity contribution in [1.82, 2.24) is 4.90 Å². The number of benzene rings is 2. The summed E-state index contributed by atoms with van der Waals surface area (Å²) >= 11 is 0. The van der Waals surface area contributed by atoms with Crippen LogP contribution in [0.25, 0.3) is 0 Å². The van der Waals surface area contributed by atoms with Gasteiger partial charge >= 0.3 is 5.97 Å². The summed E-state index contributed by atoms with van der Waals surface area (Å²) in [4.78, 5) is 40.2. The molecule has 2 aliphatic rings. The van der Waals surface area contributed by atoms with Crippen LogP contribution in [-0.2, 0) is 16.0 Å². The Morgan fingerprint density at radius 2 is 1.69 bits per heavy atom. The maximum absolute atomic E-state index is 13.1. The highest BCUT2D eigenvalue weighted by molar-refractivity contribution is 6.07. The molecule has 2 aliphatic heterocycles. The van der Waals surface area contributed by atoms with E-state index in [0.717, 1.165) is 37.9 Å². The summed E-state index contributed by atoms with van der Waals surface area (Å²) in [6, 6.07) is 14.1. The molecule has 150 valence electrons. The highest BCUT2D eigenvalue weighted by Gasteiger charge is 2.43. The van der Waals surface area contributed by atoms with Crippen molar-refractivity contribution in [1.29, 1.82) is 0 Å². The molecule has 2 amide bonds. The number of ether oxygens (including phenoxy) is 1. The van der Waals surface area contributed by atoms with Crippen LogP contribution in [0, 0.1) is 0 Å². The van der Waals surface area contributed by atoms with Crippen LogP contribution >= 0.6 is 0 Å². The molecule has 1 atom stereocenters. The zero-order valence-corrected chi connectivity index (χ0v) is 16.4. The number of hydrogen-bond donors (Lipinski definition) is 1. The number of para-hydroxylation sites is 1. The van der Waals surface area contributed by atoms with Gasteiger partial charge < -0.3 is 15.0 Å². The van der Waals surface area contributed by atoms with Crippen LogP contribution in [0.4, 0.5) is 5.69 Å². The van der Waals surface area contributed by atoms with E-state index in [1.54, 1.807) is 43.3 Å². The summed E-state index contributed by atoms with van der Waals surface area (Å²) in [5.41, 5.74) is 0.808. The number of hydrogen-bond acceptors (Lipinski definition) is 4. The minimum atomic E-state index is -1.34. The Labute approximate surface area is 169 Å². The smallest absolute Gasteiger partial charge is 0.339 e. The largest absolute Gasteiger partial charge is 0.445 e. The number of nitrogens with zero attached hydrogens (tertiary/aromatic N) is 1. The van der Waals surface area contributed by atoms with Crippen LogP contribution in [0.15, 0.2) is 48.5 Å². The molecule has 0 spiro atoms. The Kier molecular flexibility index (Phi) is 5.09. The molecule has 0 radical (unpaired) electrons. The SMILES string of the molecule is CC1(C(=O)Nc2ccccc2C(=O)N2CCCCC2)Cc2ccccc2C(=O)O1. The highest BCUT2D eigenvalue weighted by atomic mass is 16.6. The number of fused-ring (bicyclic) bond motifs is 1. The molecule has 1 unspecified atom stereocenters. The molecule has 29 heavy (non-hydrogen) atoms. The quantitative estimate of drug-likeness (QED) is 0.812. The third kappa shape index (κ3) is 3.75. The summed E-state index contributed by atoms with van der Waals surface area (Å²) in [6.07, 6.45) is 3.40. The van der Waals surface area contributed by atoms with Crippen LogP contribution in [-0.4, -0.2) is 41.4 Å². The number of cyclic esters (lactones) is 1. The van der Waals surface area contributed by atoms with Crippen molar-refractivity contribution in [2.45, 2.75) is 38.2 Å². The standard InChI is InChI=1S/C23H24N2O4/c1-23(15-16-9-3-4-10-17(16)21(27)29-23)22(28)24-19-12-6-5-11-18(19)20(26)25-13-7-2-8-14-25/h3-6,9-12H,2,7-8,13-15H2,1H3,(H,24,28). The number of nitrogens with one attached hydrogen (secondary N) is 1. The molecule has 0 aromatic heterocycles. The van der Waals surface area contributed by atoms with Crippen LogP contribution < -0.4 is 5.32 Å². The molecule has 1 N–H and O–H groups in total. The van der Waals surface area contributed by atoms with Gasteiger partial charge in [-0.2, -0.15) is 0 Å². The van der Waals surface area contributed by atoms with Gasteiger partial charge in [-0.05, 0) is 49.9 Å². The Morgan fingerprint density at radius 1 is 1.00 bits per heavy atom. The van der Waals surface area contributed by atoms with Gasteiger partial charge in [-0.15, -0.1) is 0 Å². The predicted molar refractivity (Wildman–Crippen MR) is 109 cm³/mol. The van der Waals surface area contributed by atoms with Gasteiger partial charge in [-0.3, -0.25) is 9.59 Å². The van der Waals surface area contributed by atoms with Gasteiger partial charge in [0.05, 0.1) is 16.8 Å². The molecule has 4 rings (SSSR count). The Bertz CT molecular complexity index is 965. The lowest BCUT2D eigenvalue weighted by atomic mass is 9.89. The van der Waals surface area contributed by atoms with Crippen molar-refractivity contribution in [3.8, 4) is 0 Å². The lowest BCUT2D eigenvalue weighted by molar-refractivity contribution is -0.134. The molecule has 1 saturated heterocycles. The number of piperidine rings is 1. The third-order valence-corrected chi connectivity index (χ3v) is 5.61. The minimum Gasteiger partial charge on any atom is -0.445 e. The molecule has 0 saturated carbocycles. The predicted octanol–water partition coefficient (Wildman–Crippen LogP) is 3.42. The molecule has 6 heteroatoms. The topological polar surface area (TPSA) is 75.7 Å².